The molecule has 0 saturated heterocycles. The van der Waals surface area contributed by atoms with E-state index in [1.807, 2.05) is 35.8 Å². The van der Waals surface area contributed by atoms with Crippen molar-refractivity contribution < 1.29 is 13.6 Å². The minimum absolute atomic E-state index is 0.0716. The third-order valence-corrected chi connectivity index (χ3v) is 7.39. The third-order valence-electron chi connectivity index (χ3n) is 4.24. The van der Waals surface area contributed by atoms with Gasteiger partial charge in [-0.3, -0.25) is 4.79 Å². The Morgan fingerprint density at radius 2 is 1.97 bits per heavy atom. The van der Waals surface area contributed by atoms with Gasteiger partial charge in [-0.25, -0.2) is 13.8 Å². The number of hydrogen-bond acceptors (Lipinski definition) is 7. The number of carbonyl (C=O) groups is 1. The van der Waals surface area contributed by atoms with E-state index in [0.717, 1.165) is 32.5 Å². The first-order valence-electron chi connectivity index (χ1n) is 9.31. The number of rotatable bonds is 8. The van der Waals surface area contributed by atoms with E-state index in [9.17, 15) is 13.6 Å². The lowest BCUT2D eigenvalue weighted by molar-refractivity contribution is -0.113. The van der Waals surface area contributed by atoms with Gasteiger partial charge in [-0.2, -0.15) is 0 Å². The fraction of sp³-hybridized carbons (Fsp3) is 0.200. The number of amides is 1. The standard InChI is InChI=1S/C20H17F2N5OS3/c1-2-27-17(10-30-20-24-15-5-3-4-6-16(15)31-20)25-26-19(27)29-11-18(28)23-12-7-8-13(21)14(22)9-12/h3-9H,2,10-11H2,1H3,(H,23,28). The van der Waals surface area contributed by atoms with Crippen molar-refractivity contribution in [2.24, 2.45) is 0 Å². The number of hydrogen-bond donors (Lipinski definition) is 1. The van der Waals surface area contributed by atoms with Gasteiger partial charge >= 0.3 is 0 Å². The lowest BCUT2D eigenvalue weighted by Crippen LogP contribution is -2.15. The van der Waals surface area contributed by atoms with E-state index in [4.69, 9.17) is 0 Å². The van der Waals surface area contributed by atoms with Gasteiger partial charge in [-0.1, -0.05) is 35.7 Å². The number of benzene rings is 2. The zero-order valence-corrected chi connectivity index (χ0v) is 18.8. The highest BCUT2D eigenvalue weighted by Gasteiger charge is 2.15. The van der Waals surface area contributed by atoms with Crippen LogP contribution in [0.15, 0.2) is 52.0 Å². The molecule has 2 heterocycles. The van der Waals surface area contributed by atoms with Crippen LogP contribution in [0.25, 0.3) is 10.2 Å². The molecule has 11 heteroatoms. The molecule has 0 spiro atoms. The second kappa shape index (κ2) is 9.75. The molecule has 0 radical (unpaired) electrons. The molecule has 0 fully saturated rings. The maximum atomic E-state index is 13.3. The molecular formula is C20H17F2N5OS3. The number of fused-ring (bicyclic) bond motifs is 1. The monoisotopic (exact) mass is 477 g/mol. The summed E-state index contributed by atoms with van der Waals surface area (Å²) in [6.07, 6.45) is 0. The molecule has 2 aromatic carbocycles. The van der Waals surface area contributed by atoms with Gasteiger partial charge < -0.3 is 9.88 Å². The second-order valence-electron chi connectivity index (χ2n) is 6.34. The number of carbonyl (C=O) groups excluding carboxylic acids is 1. The molecule has 1 N–H and O–H groups in total. The predicted molar refractivity (Wildman–Crippen MR) is 121 cm³/mol. The summed E-state index contributed by atoms with van der Waals surface area (Å²) < 4.78 is 30.3. The van der Waals surface area contributed by atoms with Crippen LogP contribution >= 0.6 is 34.9 Å². The summed E-state index contributed by atoms with van der Waals surface area (Å²) in [6, 6.07) is 11.2. The second-order valence-corrected chi connectivity index (χ2v) is 9.54. The topological polar surface area (TPSA) is 72.7 Å². The molecule has 0 bridgehead atoms. The van der Waals surface area contributed by atoms with Crippen molar-refractivity contribution in [3.8, 4) is 0 Å². The molecular weight excluding hydrogens is 460 g/mol. The van der Waals surface area contributed by atoms with Gasteiger partial charge in [0, 0.05) is 18.3 Å². The minimum atomic E-state index is -1.01. The molecule has 2 aromatic heterocycles. The summed E-state index contributed by atoms with van der Waals surface area (Å²) in [5.41, 5.74) is 1.18. The summed E-state index contributed by atoms with van der Waals surface area (Å²) in [6.45, 7) is 2.65. The number of nitrogens with one attached hydrogen (secondary N) is 1. The Morgan fingerprint density at radius 3 is 2.74 bits per heavy atom. The third kappa shape index (κ3) is 5.23. The van der Waals surface area contributed by atoms with E-state index in [-0.39, 0.29) is 17.3 Å². The largest absolute Gasteiger partial charge is 0.325 e. The number of nitrogens with zero attached hydrogens (tertiary/aromatic N) is 4. The molecule has 4 rings (SSSR count). The van der Waals surface area contributed by atoms with Gasteiger partial charge in [0.25, 0.3) is 0 Å². The molecule has 0 aliphatic carbocycles. The molecule has 0 aliphatic heterocycles. The van der Waals surface area contributed by atoms with E-state index in [0.29, 0.717) is 17.5 Å². The SMILES string of the molecule is CCn1c(CSc2nc3ccccc3s2)nnc1SCC(=O)Nc1ccc(F)c(F)c1. The smallest absolute Gasteiger partial charge is 0.234 e. The zero-order valence-electron chi connectivity index (χ0n) is 16.3. The van der Waals surface area contributed by atoms with Crippen molar-refractivity contribution in [1.29, 1.82) is 0 Å². The molecule has 0 aliphatic rings. The van der Waals surface area contributed by atoms with Gasteiger partial charge in [0.05, 0.1) is 21.7 Å². The highest BCUT2D eigenvalue weighted by atomic mass is 32.2. The van der Waals surface area contributed by atoms with Crippen LogP contribution in [0.3, 0.4) is 0 Å². The van der Waals surface area contributed by atoms with Gasteiger partial charge in [0.2, 0.25) is 5.91 Å². The van der Waals surface area contributed by atoms with Crippen molar-refractivity contribution in [3.05, 3.63) is 59.9 Å². The van der Waals surface area contributed by atoms with Crippen LogP contribution in [-0.2, 0) is 17.1 Å². The van der Waals surface area contributed by atoms with Gasteiger partial charge in [-0.05, 0) is 31.2 Å². The fourth-order valence-electron chi connectivity index (χ4n) is 2.79. The molecule has 0 unspecified atom stereocenters. The molecule has 4 aromatic rings. The predicted octanol–water partition coefficient (Wildman–Crippen LogP) is 5.21. The van der Waals surface area contributed by atoms with E-state index in [1.165, 1.54) is 17.8 Å². The highest BCUT2D eigenvalue weighted by Crippen LogP contribution is 2.31. The lowest BCUT2D eigenvalue weighted by atomic mass is 10.3. The number of thiazole rings is 1. The average Bonchev–Trinajstić information content (AvgIpc) is 3.36. The number of anilines is 1. The van der Waals surface area contributed by atoms with Crippen molar-refractivity contribution in [3.63, 3.8) is 0 Å². The molecule has 0 saturated carbocycles. The van der Waals surface area contributed by atoms with Crippen LogP contribution in [0.2, 0.25) is 0 Å². The normalized spacial score (nSPS) is 11.2. The van der Waals surface area contributed by atoms with Crippen LogP contribution in [0.1, 0.15) is 12.7 Å². The number of halogens is 2. The summed E-state index contributed by atoms with van der Waals surface area (Å²) in [5, 5.41) is 11.6. The van der Waals surface area contributed by atoms with Crippen LogP contribution in [0.4, 0.5) is 14.5 Å². The fourth-order valence-corrected chi connectivity index (χ4v) is 5.62. The Hall–Kier alpha value is -2.50. The van der Waals surface area contributed by atoms with Crippen LogP contribution in [-0.4, -0.2) is 31.4 Å². The Kier molecular flexibility index (Phi) is 6.83. The maximum absolute atomic E-state index is 13.3. The van der Waals surface area contributed by atoms with E-state index in [1.54, 1.807) is 23.1 Å². The minimum Gasteiger partial charge on any atom is -0.325 e. The molecule has 1 amide bonds. The van der Waals surface area contributed by atoms with Crippen molar-refractivity contribution in [2.75, 3.05) is 11.1 Å². The summed E-state index contributed by atoms with van der Waals surface area (Å²) in [7, 11) is 0. The number of aromatic nitrogens is 4. The maximum Gasteiger partial charge on any atom is 0.234 e. The Labute approximate surface area is 189 Å². The lowest BCUT2D eigenvalue weighted by Gasteiger charge is -2.07. The summed E-state index contributed by atoms with van der Waals surface area (Å²) in [4.78, 5) is 16.8. The summed E-state index contributed by atoms with van der Waals surface area (Å²) >= 11 is 4.48. The Balaban J connectivity index is 1.36. The van der Waals surface area contributed by atoms with Gasteiger partial charge in [0.1, 0.15) is 5.82 Å². The quantitative estimate of drug-likeness (QED) is 0.351. The number of para-hydroxylation sites is 1. The van der Waals surface area contributed by atoms with E-state index < -0.39 is 11.6 Å². The van der Waals surface area contributed by atoms with E-state index in [2.05, 4.69) is 20.5 Å². The van der Waals surface area contributed by atoms with Crippen LogP contribution in [0.5, 0.6) is 0 Å². The Bertz CT molecular complexity index is 1190. The summed E-state index contributed by atoms with van der Waals surface area (Å²) in [5.74, 6) is -0.821. The first-order chi connectivity index (χ1) is 15.0. The molecule has 31 heavy (non-hydrogen) atoms. The zero-order chi connectivity index (χ0) is 21.8. The molecule has 6 nitrogen and oxygen atoms in total. The first kappa shape index (κ1) is 21.7. The first-order valence-corrected chi connectivity index (χ1v) is 12.1. The van der Waals surface area contributed by atoms with Crippen LogP contribution < -0.4 is 5.32 Å². The number of thioether (sulfide) groups is 2. The van der Waals surface area contributed by atoms with Crippen molar-refractivity contribution >= 4 is 56.7 Å². The molecule has 160 valence electrons. The van der Waals surface area contributed by atoms with Crippen LogP contribution in [0, 0.1) is 11.6 Å². The average molecular weight is 478 g/mol. The van der Waals surface area contributed by atoms with Crippen molar-refractivity contribution in [2.45, 2.75) is 28.7 Å². The Morgan fingerprint density at radius 1 is 1.13 bits per heavy atom. The van der Waals surface area contributed by atoms with E-state index >= 15 is 0 Å². The van der Waals surface area contributed by atoms with Gasteiger partial charge in [-0.15, -0.1) is 21.5 Å². The van der Waals surface area contributed by atoms with Gasteiger partial charge in [0.15, 0.2) is 21.1 Å². The highest BCUT2D eigenvalue weighted by molar-refractivity contribution is 8.00. The molecule has 0 atom stereocenters. The van der Waals surface area contributed by atoms with Crippen molar-refractivity contribution in [1.82, 2.24) is 19.7 Å².